The Morgan fingerprint density at radius 3 is 3.00 bits per heavy atom. The van der Waals surface area contributed by atoms with Gasteiger partial charge in [0.2, 0.25) is 0 Å². The second-order valence-corrected chi connectivity index (χ2v) is 6.38. The molecule has 4 heteroatoms. The molecule has 1 aromatic heterocycles. The van der Waals surface area contributed by atoms with Gasteiger partial charge in [-0.05, 0) is 31.1 Å². The van der Waals surface area contributed by atoms with Crippen molar-refractivity contribution in [2.45, 2.75) is 65.5 Å². The number of hydrogen-bond acceptors (Lipinski definition) is 3. The molecule has 0 amide bonds. The molecule has 2 rings (SSSR count). The molecule has 0 spiro atoms. The van der Waals surface area contributed by atoms with Crippen LogP contribution in [0, 0.1) is 5.41 Å². The molecule has 106 valence electrons. The Balaban J connectivity index is 2.11. The summed E-state index contributed by atoms with van der Waals surface area (Å²) in [5.74, 6) is 0.513. The van der Waals surface area contributed by atoms with Crippen molar-refractivity contribution in [2.24, 2.45) is 5.41 Å². The smallest absolute Gasteiger partial charge is 0.293 e. The van der Waals surface area contributed by atoms with Crippen LogP contribution in [0.3, 0.4) is 0 Å². The minimum Gasteiger partial charge on any atom is -0.363 e. The van der Waals surface area contributed by atoms with Gasteiger partial charge in [-0.3, -0.25) is 4.79 Å². The van der Waals surface area contributed by atoms with Crippen molar-refractivity contribution in [3.05, 3.63) is 22.7 Å². The minimum atomic E-state index is 0.00716. The van der Waals surface area contributed by atoms with E-state index in [-0.39, 0.29) is 5.56 Å². The first-order valence-electron chi connectivity index (χ1n) is 7.34. The van der Waals surface area contributed by atoms with Gasteiger partial charge >= 0.3 is 0 Å². The fourth-order valence-corrected chi connectivity index (χ4v) is 2.98. The summed E-state index contributed by atoms with van der Waals surface area (Å²) in [7, 11) is 0. The van der Waals surface area contributed by atoms with Crippen molar-refractivity contribution in [3.63, 3.8) is 0 Å². The van der Waals surface area contributed by atoms with Crippen LogP contribution in [0.4, 0.5) is 5.82 Å². The van der Waals surface area contributed by atoms with Gasteiger partial charge in [0.15, 0.2) is 5.82 Å². The van der Waals surface area contributed by atoms with Crippen LogP contribution in [0.25, 0.3) is 0 Å². The van der Waals surface area contributed by atoms with Crippen LogP contribution in [0.2, 0.25) is 0 Å². The summed E-state index contributed by atoms with van der Waals surface area (Å²) in [6.45, 7) is 7.43. The third kappa shape index (κ3) is 3.58. The molecule has 1 fully saturated rings. The standard InChI is InChI=1S/C15H25N3O/c1-4-9-18-10-8-16-13(14(18)19)17-12-6-5-7-15(2,3)11-12/h8,10,12H,4-7,9,11H2,1-3H3,(H,16,17). The quantitative estimate of drug-likeness (QED) is 0.908. The molecule has 1 aromatic rings. The van der Waals surface area contributed by atoms with Crippen LogP contribution in [-0.2, 0) is 6.54 Å². The Bertz CT molecular complexity index is 479. The summed E-state index contributed by atoms with van der Waals surface area (Å²) in [5, 5.41) is 3.36. The summed E-state index contributed by atoms with van der Waals surface area (Å²) in [6, 6.07) is 0.376. The van der Waals surface area contributed by atoms with Crippen LogP contribution in [0.1, 0.15) is 52.9 Å². The van der Waals surface area contributed by atoms with Gasteiger partial charge < -0.3 is 9.88 Å². The van der Waals surface area contributed by atoms with Crippen molar-refractivity contribution in [3.8, 4) is 0 Å². The molecule has 1 atom stereocenters. The second kappa shape index (κ2) is 5.76. The molecule has 1 N–H and O–H groups in total. The fraction of sp³-hybridized carbons (Fsp3) is 0.733. The van der Waals surface area contributed by atoms with Gasteiger partial charge in [-0.1, -0.05) is 27.2 Å². The number of anilines is 1. The number of rotatable bonds is 4. The molecular formula is C15H25N3O. The maximum Gasteiger partial charge on any atom is 0.293 e. The van der Waals surface area contributed by atoms with Crippen molar-refractivity contribution in [1.82, 2.24) is 9.55 Å². The van der Waals surface area contributed by atoms with E-state index in [0.29, 0.717) is 17.3 Å². The van der Waals surface area contributed by atoms with E-state index in [1.807, 2.05) is 0 Å². The van der Waals surface area contributed by atoms with Crippen LogP contribution < -0.4 is 10.9 Å². The summed E-state index contributed by atoms with van der Waals surface area (Å²) in [5.41, 5.74) is 0.375. The first-order valence-corrected chi connectivity index (χ1v) is 7.34. The summed E-state index contributed by atoms with van der Waals surface area (Å²) in [4.78, 5) is 16.5. The van der Waals surface area contributed by atoms with Gasteiger partial charge in [-0.15, -0.1) is 0 Å². The average Bonchev–Trinajstić information content (AvgIpc) is 2.33. The minimum absolute atomic E-state index is 0.00716. The second-order valence-electron chi connectivity index (χ2n) is 6.38. The summed E-state index contributed by atoms with van der Waals surface area (Å²) >= 11 is 0. The molecule has 1 heterocycles. The Kier molecular flexibility index (Phi) is 4.27. The monoisotopic (exact) mass is 263 g/mol. The van der Waals surface area contributed by atoms with Gasteiger partial charge in [0.05, 0.1) is 0 Å². The number of nitrogens with zero attached hydrogens (tertiary/aromatic N) is 2. The molecule has 1 aliphatic rings. The summed E-state index contributed by atoms with van der Waals surface area (Å²) < 4.78 is 1.74. The zero-order valence-corrected chi connectivity index (χ0v) is 12.3. The molecule has 0 aromatic carbocycles. The zero-order valence-electron chi connectivity index (χ0n) is 12.3. The number of nitrogens with one attached hydrogen (secondary N) is 1. The van der Waals surface area contributed by atoms with Gasteiger partial charge in [0.25, 0.3) is 5.56 Å². The van der Waals surface area contributed by atoms with E-state index < -0.39 is 0 Å². The molecule has 0 radical (unpaired) electrons. The van der Waals surface area contributed by atoms with E-state index in [1.54, 1.807) is 17.0 Å². The maximum absolute atomic E-state index is 12.2. The highest BCUT2D eigenvalue weighted by atomic mass is 16.1. The first kappa shape index (κ1) is 14.1. The molecule has 1 unspecified atom stereocenters. The van der Waals surface area contributed by atoms with Crippen LogP contribution in [0.15, 0.2) is 17.2 Å². The van der Waals surface area contributed by atoms with Crippen LogP contribution >= 0.6 is 0 Å². The number of aromatic nitrogens is 2. The predicted octanol–water partition coefficient (Wildman–Crippen LogP) is 3.03. The maximum atomic E-state index is 12.2. The lowest BCUT2D eigenvalue weighted by Gasteiger charge is -2.35. The molecule has 19 heavy (non-hydrogen) atoms. The van der Waals surface area contributed by atoms with Crippen molar-refractivity contribution < 1.29 is 0 Å². The van der Waals surface area contributed by atoms with E-state index in [1.165, 1.54) is 12.8 Å². The van der Waals surface area contributed by atoms with Gasteiger partial charge in [0, 0.05) is 25.0 Å². The van der Waals surface area contributed by atoms with E-state index in [9.17, 15) is 4.79 Å². The number of hydrogen-bond donors (Lipinski definition) is 1. The third-order valence-electron chi connectivity index (χ3n) is 3.92. The molecule has 0 saturated heterocycles. The highest BCUT2D eigenvalue weighted by Gasteiger charge is 2.28. The Hall–Kier alpha value is -1.32. The van der Waals surface area contributed by atoms with E-state index in [0.717, 1.165) is 25.8 Å². The largest absolute Gasteiger partial charge is 0.363 e. The van der Waals surface area contributed by atoms with E-state index in [4.69, 9.17) is 0 Å². The molecule has 4 nitrogen and oxygen atoms in total. The van der Waals surface area contributed by atoms with Gasteiger partial charge in [0.1, 0.15) is 0 Å². The third-order valence-corrected chi connectivity index (χ3v) is 3.92. The van der Waals surface area contributed by atoms with Crippen LogP contribution in [0.5, 0.6) is 0 Å². The number of aryl methyl sites for hydroxylation is 1. The lowest BCUT2D eigenvalue weighted by Crippen LogP contribution is -2.35. The van der Waals surface area contributed by atoms with Crippen molar-refractivity contribution in [1.29, 1.82) is 0 Å². The average molecular weight is 263 g/mol. The lowest BCUT2D eigenvalue weighted by atomic mass is 9.75. The molecule has 0 bridgehead atoms. The molecule has 1 aliphatic carbocycles. The van der Waals surface area contributed by atoms with Crippen molar-refractivity contribution in [2.75, 3.05) is 5.32 Å². The first-order chi connectivity index (χ1) is 9.02. The Morgan fingerprint density at radius 1 is 1.53 bits per heavy atom. The van der Waals surface area contributed by atoms with Gasteiger partial charge in [-0.25, -0.2) is 4.98 Å². The lowest BCUT2D eigenvalue weighted by molar-refractivity contribution is 0.229. The topological polar surface area (TPSA) is 46.9 Å². The van der Waals surface area contributed by atoms with E-state index in [2.05, 4.69) is 31.1 Å². The SMILES string of the molecule is CCCn1ccnc(NC2CCCC(C)(C)C2)c1=O. The van der Waals surface area contributed by atoms with Crippen molar-refractivity contribution >= 4 is 5.82 Å². The molecular weight excluding hydrogens is 238 g/mol. The Labute approximate surface area is 115 Å². The van der Waals surface area contributed by atoms with E-state index >= 15 is 0 Å². The normalized spacial score (nSPS) is 22.2. The summed E-state index contributed by atoms with van der Waals surface area (Å²) in [6.07, 6.45) is 9.17. The highest BCUT2D eigenvalue weighted by molar-refractivity contribution is 5.32. The highest BCUT2D eigenvalue weighted by Crippen LogP contribution is 2.35. The Morgan fingerprint density at radius 2 is 2.32 bits per heavy atom. The molecule has 1 saturated carbocycles. The molecule has 0 aliphatic heterocycles. The van der Waals surface area contributed by atoms with Gasteiger partial charge in [-0.2, -0.15) is 0 Å². The zero-order chi connectivity index (χ0) is 13.9. The van der Waals surface area contributed by atoms with Crippen LogP contribution in [-0.4, -0.2) is 15.6 Å². The fourth-order valence-electron chi connectivity index (χ4n) is 2.98. The predicted molar refractivity (Wildman–Crippen MR) is 78.4 cm³/mol.